The molecule has 6 heteroatoms. The van der Waals surface area contributed by atoms with E-state index in [0.29, 0.717) is 19.1 Å². The Kier molecular flexibility index (Phi) is 4.82. The molecule has 2 aromatic rings. The van der Waals surface area contributed by atoms with Crippen LogP contribution in [0.1, 0.15) is 29.8 Å². The van der Waals surface area contributed by atoms with Crippen LogP contribution >= 0.6 is 0 Å². The van der Waals surface area contributed by atoms with E-state index in [2.05, 4.69) is 10.00 Å². The minimum atomic E-state index is -0.227. The van der Waals surface area contributed by atoms with Gasteiger partial charge in [0, 0.05) is 31.4 Å². The molecule has 4 rings (SSSR count). The van der Waals surface area contributed by atoms with Crippen LogP contribution in [0.5, 0.6) is 0 Å². The Labute approximate surface area is 153 Å². The lowest BCUT2D eigenvalue weighted by molar-refractivity contribution is -0.0590. The van der Waals surface area contributed by atoms with Crippen molar-refractivity contribution in [2.45, 2.75) is 45.4 Å². The fraction of sp³-hybridized carbons (Fsp3) is 0.550. The smallest absolute Gasteiger partial charge is 0.123 e. The van der Waals surface area contributed by atoms with Crippen LogP contribution in [0, 0.1) is 25.6 Å². The van der Waals surface area contributed by atoms with Gasteiger partial charge in [0.1, 0.15) is 5.82 Å². The molecular weight excluding hydrogens is 333 g/mol. The van der Waals surface area contributed by atoms with E-state index in [9.17, 15) is 9.50 Å². The lowest BCUT2D eigenvalue weighted by Crippen LogP contribution is -2.48. The fourth-order valence-corrected chi connectivity index (χ4v) is 4.45. The van der Waals surface area contributed by atoms with Crippen molar-refractivity contribution >= 4 is 0 Å². The van der Waals surface area contributed by atoms with Crippen molar-refractivity contribution in [2.24, 2.45) is 5.92 Å². The molecule has 1 aromatic heterocycles. The molecule has 5 nitrogen and oxygen atoms in total. The van der Waals surface area contributed by atoms with Gasteiger partial charge in [-0.05, 0) is 62.4 Å². The van der Waals surface area contributed by atoms with Gasteiger partial charge in [-0.1, -0.05) is 0 Å². The van der Waals surface area contributed by atoms with E-state index in [-0.39, 0.29) is 24.6 Å². The van der Waals surface area contributed by atoms with Crippen molar-refractivity contribution in [2.75, 3.05) is 19.8 Å². The quantitative estimate of drug-likeness (QED) is 0.912. The third kappa shape index (κ3) is 3.29. The van der Waals surface area contributed by atoms with Crippen molar-refractivity contribution < 1.29 is 14.2 Å². The molecule has 0 amide bonds. The van der Waals surface area contributed by atoms with Gasteiger partial charge in [-0.15, -0.1) is 0 Å². The van der Waals surface area contributed by atoms with Gasteiger partial charge in [0.05, 0.1) is 24.1 Å². The summed E-state index contributed by atoms with van der Waals surface area (Å²) in [7, 11) is 0. The molecule has 1 saturated carbocycles. The maximum absolute atomic E-state index is 14.0. The minimum absolute atomic E-state index is 0.173. The number of fused-ring (bicyclic) bond motifs is 1. The molecule has 140 valence electrons. The molecule has 1 aliphatic carbocycles. The van der Waals surface area contributed by atoms with Crippen LogP contribution in [0.25, 0.3) is 5.69 Å². The fourth-order valence-electron chi connectivity index (χ4n) is 4.45. The topological polar surface area (TPSA) is 50.5 Å². The highest BCUT2D eigenvalue weighted by Gasteiger charge is 2.40. The first-order valence-electron chi connectivity index (χ1n) is 9.33. The number of nitrogens with zero attached hydrogens (tertiary/aromatic N) is 3. The molecule has 2 aliphatic rings. The lowest BCUT2D eigenvalue weighted by Gasteiger charge is -2.38. The van der Waals surface area contributed by atoms with Crippen LogP contribution in [-0.4, -0.2) is 51.7 Å². The summed E-state index contributed by atoms with van der Waals surface area (Å²) in [6.07, 6.45) is 2.02. The second-order valence-electron chi connectivity index (χ2n) is 7.58. The first-order valence-corrected chi connectivity index (χ1v) is 9.33. The van der Waals surface area contributed by atoms with Crippen molar-refractivity contribution in [3.63, 3.8) is 0 Å². The number of aromatic nitrogens is 2. The number of aliphatic hydroxyl groups is 1. The van der Waals surface area contributed by atoms with Crippen LogP contribution in [0.3, 0.4) is 0 Å². The summed E-state index contributed by atoms with van der Waals surface area (Å²) in [5.41, 5.74) is 3.85. The zero-order valence-corrected chi connectivity index (χ0v) is 15.4. The number of aryl methyl sites for hydroxylation is 2. The zero-order chi connectivity index (χ0) is 18.3. The van der Waals surface area contributed by atoms with E-state index in [4.69, 9.17) is 4.74 Å². The average Bonchev–Trinajstić information content (AvgIpc) is 3.18. The van der Waals surface area contributed by atoms with Gasteiger partial charge < -0.3 is 9.84 Å². The average molecular weight is 359 g/mol. The Balaban J connectivity index is 1.63. The largest absolute Gasteiger partial charge is 0.396 e. The van der Waals surface area contributed by atoms with Crippen molar-refractivity contribution in [3.05, 3.63) is 47.0 Å². The summed E-state index contributed by atoms with van der Waals surface area (Å²) >= 11 is 0. The monoisotopic (exact) mass is 359 g/mol. The van der Waals surface area contributed by atoms with E-state index < -0.39 is 0 Å². The number of morpholine rings is 1. The number of benzene rings is 1. The van der Waals surface area contributed by atoms with E-state index in [1.807, 2.05) is 30.7 Å². The van der Waals surface area contributed by atoms with Gasteiger partial charge in [0.2, 0.25) is 0 Å². The van der Waals surface area contributed by atoms with Gasteiger partial charge in [-0.3, -0.25) is 4.90 Å². The van der Waals surface area contributed by atoms with Gasteiger partial charge >= 0.3 is 0 Å². The second kappa shape index (κ2) is 7.10. The summed E-state index contributed by atoms with van der Waals surface area (Å²) in [6, 6.07) is 7.25. The summed E-state index contributed by atoms with van der Waals surface area (Å²) in [5, 5.41) is 14.1. The van der Waals surface area contributed by atoms with Gasteiger partial charge in [-0.25, -0.2) is 9.07 Å². The Morgan fingerprint density at radius 3 is 2.85 bits per heavy atom. The first kappa shape index (κ1) is 17.6. The lowest BCUT2D eigenvalue weighted by atomic mass is 10.1. The highest BCUT2D eigenvalue weighted by molar-refractivity contribution is 5.42. The Bertz CT molecular complexity index is 791. The Morgan fingerprint density at radius 1 is 1.27 bits per heavy atom. The molecule has 0 bridgehead atoms. The van der Waals surface area contributed by atoms with Gasteiger partial charge in [0.15, 0.2) is 0 Å². The standard InChI is InChI=1S/C20H26FN3O2/c1-13-7-14(2)24(22-13)18-4-3-17(21)10-16(18)11-23-5-6-26-20-9-15(12-25)8-19(20)23/h3-4,7,10,15,19-20,25H,5-6,8-9,11-12H2,1-2H3/t15-,19+,20+/m1/s1. The molecule has 0 unspecified atom stereocenters. The molecule has 26 heavy (non-hydrogen) atoms. The van der Waals surface area contributed by atoms with Crippen LogP contribution in [0.4, 0.5) is 4.39 Å². The number of ether oxygens (including phenoxy) is 1. The number of halogens is 1. The van der Waals surface area contributed by atoms with E-state index >= 15 is 0 Å². The Morgan fingerprint density at radius 2 is 2.12 bits per heavy atom. The van der Waals surface area contributed by atoms with Crippen molar-refractivity contribution in [3.8, 4) is 5.69 Å². The number of aliphatic hydroxyl groups excluding tert-OH is 1. The third-order valence-electron chi connectivity index (χ3n) is 5.66. The zero-order valence-electron chi connectivity index (χ0n) is 15.4. The van der Waals surface area contributed by atoms with Crippen LogP contribution < -0.4 is 0 Å². The predicted molar refractivity (Wildman–Crippen MR) is 96.7 cm³/mol. The summed E-state index contributed by atoms with van der Waals surface area (Å²) < 4.78 is 21.8. The predicted octanol–water partition coefficient (Wildman–Crippen LogP) is 2.60. The number of rotatable bonds is 4. The molecule has 1 aromatic carbocycles. The minimum Gasteiger partial charge on any atom is -0.396 e. The molecule has 1 N–H and O–H groups in total. The number of hydrogen-bond donors (Lipinski definition) is 1. The summed E-state index contributed by atoms with van der Waals surface area (Å²) in [5.74, 6) is 0.0725. The molecule has 0 radical (unpaired) electrons. The molecule has 1 saturated heterocycles. The van der Waals surface area contributed by atoms with E-state index in [1.165, 1.54) is 6.07 Å². The summed E-state index contributed by atoms with van der Waals surface area (Å²) in [6.45, 7) is 6.36. The molecule has 1 aliphatic heterocycles. The highest BCUT2D eigenvalue weighted by atomic mass is 19.1. The highest BCUT2D eigenvalue weighted by Crippen LogP contribution is 2.35. The van der Waals surface area contributed by atoms with Gasteiger partial charge in [0.25, 0.3) is 0 Å². The molecule has 2 fully saturated rings. The molecule has 0 spiro atoms. The van der Waals surface area contributed by atoms with Crippen molar-refractivity contribution in [1.29, 1.82) is 0 Å². The second-order valence-corrected chi connectivity index (χ2v) is 7.58. The van der Waals surface area contributed by atoms with Crippen molar-refractivity contribution in [1.82, 2.24) is 14.7 Å². The van der Waals surface area contributed by atoms with Gasteiger partial charge in [-0.2, -0.15) is 5.10 Å². The summed E-state index contributed by atoms with van der Waals surface area (Å²) in [4.78, 5) is 2.38. The molecule has 2 heterocycles. The van der Waals surface area contributed by atoms with Crippen LogP contribution in [0.2, 0.25) is 0 Å². The van der Waals surface area contributed by atoms with Crippen LogP contribution in [0.15, 0.2) is 24.3 Å². The number of hydrogen-bond acceptors (Lipinski definition) is 4. The third-order valence-corrected chi connectivity index (χ3v) is 5.66. The maximum Gasteiger partial charge on any atom is 0.123 e. The Hall–Kier alpha value is -1.76. The maximum atomic E-state index is 14.0. The molecular formula is C20H26FN3O2. The van der Waals surface area contributed by atoms with Crippen LogP contribution in [-0.2, 0) is 11.3 Å². The van der Waals surface area contributed by atoms with E-state index in [0.717, 1.165) is 42.0 Å². The first-order chi connectivity index (χ1) is 12.5. The SMILES string of the molecule is Cc1cc(C)n(-c2ccc(F)cc2CN2CCO[C@H]3C[C@H](CO)C[C@@H]32)n1. The molecule has 3 atom stereocenters. The van der Waals surface area contributed by atoms with E-state index in [1.54, 1.807) is 6.07 Å². The normalized spacial score (nSPS) is 26.2.